The number of β-amino-alcohol motifs (C(OH)–C–C–N with tert-alkyl or cyclic N) is 1. The molecular formula is C18H29Cl2N3O2. The van der Waals surface area contributed by atoms with E-state index in [1.807, 2.05) is 24.3 Å². The molecule has 1 aromatic carbocycles. The van der Waals surface area contributed by atoms with Crippen LogP contribution in [0.2, 0.25) is 0 Å². The number of amides is 1. The van der Waals surface area contributed by atoms with Gasteiger partial charge in [-0.1, -0.05) is 19.1 Å². The Morgan fingerprint density at radius 2 is 1.92 bits per heavy atom. The predicted octanol–water partition coefficient (Wildman–Crippen LogP) is 1.82. The summed E-state index contributed by atoms with van der Waals surface area (Å²) < 4.78 is 0. The van der Waals surface area contributed by atoms with E-state index in [4.69, 9.17) is 0 Å². The fourth-order valence-corrected chi connectivity index (χ4v) is 3.19. The fraction of sp³-hybridized carbons (Fsp3) is 0.611. The van der Waals surface area contributed by atoms with E-state index in [2.05, 4.69) is 22.5 Å². The number of nitrogens with zero attached hydrogens (tertiary/aromatic N) is 1. The molecule has 1 saturated carbocycles. The molecule has 0 radical (unpaired) electrons. The molecule has 5 nitrogen and oxygen atoms in total. The smallest absolute Gasteiger partial charge is 0.251 e. The monoisotopic (exact) mass is 389 g/mol. The normalized spacial score (nSPS) is 22.2. The number of nitrogens with one attached hydrogen (secondary N) is 2. The summed E-state index contributed by atoms with van der Waals surface area (Å²) in [6, 6.07) is 8.65. The molecule has 1 heterocycles. The molecule has 1 aliphatic heterocycles. The van der Waals surface area contributed by atoms with Gasteiger partial charge in [0, 0.05) is 43.7 Å². The van der Waals surface area contributed by atoms with Crippen LogP contribution in [-0.2, 0) is 6.54 Å². The number of benzene rings is 1. The van der Waals surface area contributed by atoms with Crippen molar-refractivity contribution in [3.63, 3.8) is 0 Å². The Labute approximate surface area is 162 Å². The van der Waals surface area contributed by atoms with Gasteiger partial charge in [-0.2, -0.15) is 0 Å². The Bertz CT molecular complexity index is 538. The summed E-state index contributed by atoms with van der Waals surface area (Å²) in [5, 5.41) is 15.8. The zero-order valence-corrected chi connectivity index (χ0v) is 16.2. The van der Waals surface area contributed by atoms with Crippen LogP contribution in [0.1, 0.15) is 35.7 Å². The summed E-state index contributed by atoms with van der Waals surface area (Å²) in [6.07, 6.45) is 2.27. The second kappa shape index (κ2) is 10.3. The van der Waals surface area contributed by atoms with Gasteiger partial charge in [-0.3, -0.25) is 9.69 Å². The Balaban J connectivity index is 0.00000156. The van der Waals surface area contributed by atoms with Crippen LogP contribution in [0.15, 0.2) is 24.3 Å². The lowest BCUT2D eigenvalue weighted by atomic mass is 10.1. The lowest BCUT2D eigenvalue weighted by Gasteiger charge is -2.20. The highest BCUT2D eigenvalue weighted by Crippen LogP contribution is 2.27. The number of hydrogen-bond donors (Lipinski definition) is 3. The molecular weight excluding hydrogens is 361 g/mol. The lowest BCUT2D eigenvalue weighted by Crippen LogP contribution is -2.34. The molecule has 3 rings (SSSR count). The third-order valence-electron chi connectivity index (χ3n) is 4.90. The van der Waals surface area contributed by atoms with E-state index >= 15 is 0 Å². The Kier molecular flexibility index (Phi) is 9.17. The second-order valence-electron chi connectivity index (χ2n) is 6.69. The molecule has 0 aromatic heterocycles. The van der Waals surface area contributed by atoms with E-state index in [1.54, 1.807) is 0 Å². The number of carbonyl (C=O) groups is 1. The molecule has 7 heteroatoms. The summed E-state index contributed by atoms with van der Waals surface area (Å²) in [7, 11) is 0. The van der Waals surface area contributed by atoms with Gasteiger partial charge in [0.05, 0.1) is 6.10 Å². The first-order valence-corrected chi connectivity index (χ1v) is 8.67. The van der Waals surface area contributed by atoms with Crippen molar-refractivity contribution < 1.29 is 9.90 Å². The van der Waals surface area contributed by atoms with Crippen LogP contribution < -0.4 is 10.6 Å². The van der Waals surface area contributed by atoms with Crippen molar-refractivity contribution in [3.05, 3.63) is 35.4 Å². The largest absolute Gasteiger partial charge is 0.391 e. The Morgan fingerprint density at radius 1 is 1.24 bits per heavy atom. The van der Waals surface area contributed by atoms with Gasteiger partial charge >= 0.3 is 0 Å². The van der Waals surface area contributed by atoms with Crippen molar-refractivity contribution in [1.82, 2.24) is 15.5 Å². The highest BCUT2D eigenvalue weighted by Gasteiger charge is 2.27. The van der Waals surface area contributed by atoms with Gasteiger partial charge in [0.2, 0.25) is 0 Å². The van der Waals surface area contributed by atoms with Gasteiger partial charge in [0.1, 0.15) is 0 Å². The van der Waals surface area contributed by atoms with Gasteiger partial charge in [-0.15, -0.1) is 24.8 Å². The summed E-state index contributed by atoms with van der Waals surface area (Å²) in [6.45, 7) is 6.12. The lowest BCUT2D eigenvalue weighted by molar-refractivity contribution is 0.0927. The number of aliphatic hydroxyl groups is 1. The van der Waals surface area contributed by atoms with E-state index in [0.29, 0.717) is 18.7 Å². The van der Waals surface area contributed by atoms with Crippen molar-refractivity contribution in [2.75, 3.05) is 26.2 Å². The minimum atomic E-state index is -0.361. The van der Waals surface area contributed by atoms with Gasteiger partial charge in [-0.25, -0.2) is 0 Å². The SMILES string of the molecule is CCN(Cc1ccc(C(=O)NCC2CNCC2O)cc1)C1CC1.Cl.Cl. The van der Waals surface area contributed by atoms with Crippen LogP contribution >= 0.6 is 24.8 Å². The first-order valence-electron chi connectivity index (χ1n) is 8.67. The van der Waals surface area contributed by atoms with Crippen molar-refractivity contribution in [3.8, 4) is 0 Å². The van der Waals surface area contributed by atoms with Gasteiger partial charge < -0.3 is 15.7 Å². The third kappa shape index (κ3) is 6.12. The maximum atomic E-state index is 12.2. The standard InChI is InChI=1S/C18H27N3O2.2ClH/c1-2-21(16-7-8-16)12-13-3-5-14(6-4-13)18(23)20-10-15-9-19-11-17(15)22;;/h3-6,15-17,19,22H,2,7-12H2,1H3,(H,20,23);2*1H. The Morgan fingerprint density at radius 3 is 2.44 bits per heavy atom. The highest BCUT2D eigenvalue weighted by molar-refractivity contribution is 5.94. The summed E-state index contributed by atoms with van der Waals surface area (Å²) in [5.74, 6) is 0.0417. The molecule has 1 aromatic rings. The number of rotatable bonds is 7. The van der Waals surface area contributed by atoms with Crippen LogP contribution in [-0.4, -0.2) is 54.2 Å². The summed E-state index contributed by atoms with van der Waals surface area (Å²) >= 11 is 0. The van der Waals surface area contributed by atoms with Crippen LogP contribution in [0.3, 0.4) is 0 Å². The molecule has 2 atom stereocenters. The topological polar surface area (TPSA) is 64.6 Å². The predicted molar refractivity (Wildman–Crippen MR) is 105 cm³/mol. The molecule has 3 N–H and O–H groups in total. The molecule has 142 valence electrons. The van der Waals surface area contributed by atoms with Crippen molar-refractivity contribution in [2.45, 2.75) is 38.5 Å². The van der Waals surface area contributed by atoms with E-state index < -0.39 is 0 Å². The average Bonchev–Trinajstić information content (AvgIpc) is 3.33. The molecule has 0 bridgehead atoms. The number of aliphatic hydroxyl groups excluding tert-OH is 1. The summed E-state index contributed by atoms with van der Waals surface area (Å²) in [5.41, 5.74) is 1.94. The molecule has 2 unspecified atom stereocenters. The van der Waals surface area contributed by atoms with Crippen LogP contribution in [0.5, 0.6) is 0 Å². The van der Waals surface area contributed by atoms with Crippen LogP contribution in [0.4, 0.5) is 0 Å². The second-order valence-corrected chi connectivity index (χ2v) is 6.69. The van der Waals surface area contributed by atoms with Gasteiger partial charge in [0.25, 0.3) is 5.91 Å². The zero-order valence-electron chi connectivity index (χ0n) is 14.6. The molecule has 1 amide bonds. The van der Waals surface area contributed by atoms with Crippen LogP contribution in [0, 0.1) is 5.92 Å². The quantitative estimate of drug-likeness (QED) is 0.665. The van der Waals surface area contributed by atoms with Crippen LogP contribution in [0.25, 0.3) is 0 Å². The van der Waals surface area contributed by atoms with Crippen molar-refractivity contribution in [1.29, 1.82) is 0 Å². The minimum absolute atomic E-state index is 0. The molecule has 25 heavy (non-hydrogen) atoms. The summed E-state index contributed by atoms with van der Waals surface area (Å²) in [4.78, 5) is 14.7. The highest BCUT2D eigenvalue weighted by atomic mass is 35.5. The number of carbonyl (C=O) groups excluding carboxylic acids is 1. The van der Waals surface area contributed by atoms with E-state index in [0.717, 1.165) is 25.7 Å². The van der Waals surface area contributed by atoms with E-state index in [9.17, 15) is 9.90 Å². The molecule has 0 spiro atoms. The maximum Gasteiger partial charge on any atom is 0.251 e. The molecule has 2 aliphatic rings. The minimum Gasteiger partial charge on any atom is -0.391 e. The first kappa shape index (κ1) is 22.2. The van der Waals surface area contributed by atoms with E-state index in [-0.39, 0.29) is 42.7 Å². The Hall–Kier alpha value is -0.850. The molecule has 1 saturated heterocycles. The fourth-order valence-electron chi connectivity index (χ4n) is 3.19. The van der Waals surface area contributed by atoms with Crippen molar-refractivity contribution in [2.24, 2.45) is 5.92 Å². The third-order valence-corrected chi connectivity index (χ3v) is 4.90. The molecule has 1 aliphatic carbocycles. The van der Waals surface area contributed by atoms with Crippen molar-refractivity contribution >= 4 is 30.7 Å². The number of hydrogen-bond acceptors (Lipinski definition) is 4. The maximum absolute atomic E-state index is 12.2. The average molecular weight is 390 g/mol. The van der Waals surface area contributed by atoms with Gasteiger partial charge in [-0.05, 0) is 37.1 Å². The molecule has 2 fully saturated rings. The van der Waals surface area contributed by atoms with Gasteiger partial charge in [0.15, 0.2) is 0 Å². The van der Waals surface area contributed by atoms with E-state index in [1.165, 1.54) is 18.4 Å². The number of halogens is 2. The first-order chi connectivity index (χ1) is 11.2. The zero-order chi connectivity index (χ0) is 16.2.